The Kier molecular flexibility index (Phi) is 5.91. The molecule has 7 N–H and O–H groups in total. The zero-order valence-corrected chi connectivity index (χ0v) is 20.7. The van der Waals surface area contributed by atoms with E-state index in [2.05, 4.69) is 0 Å². The first-order valence-corrected chi connectivity index (χ1v) is 12.0. The third kappa shape index (κ3) is 3.21. The molecular weight excluding hydrogens is 500 g/mol. The molecular formula is C26H28N2O10. The van der Waals surface area contributed by atoms with Gasteiger partial charge in [-0.25, -0.2) is 0 Å². The van der Waals surface area contributed by atoms with Crippen molar-refractivity contribution in [3.63, 3.8) is 0 Å². The Balaban J connectivity index is 1.77. The van der Waals surface area contributed by atoms with E-state index in [0.717, 1.165) is 0 Å². The van der Waals surface area contributed by atoms with Gasteiger partial charge < -0.3 is 45.6 Å². The molecule has 0 radical (unpaired) electrons. The Morgan fingerprint density at radius 3 is 2.37 bits per heavy atom. The Morgan fingerprint density at radius 1 is 1.11 bits per heavy atom. The van der Waals surface area contributed by atoms with Crippen LogP contribution in [0.4, 0.5) is 0 Å². The highest BCUT2D eigenvalue weighted by molar-refractivity contribution is 6.25. The number of amides is 1. The van der Waals surface area contributed by atoms with Crippen LogP contribution in [0.1, 0.15) is 29.5 Å². The van der Waals surface area contributed by atoms with Gasteiger partial charge in [0.25, 0.3) is 0 Å². The van der Waals surface area contributed by atoms with Crippen molar-refractivity contribution in [2.24, 2.45) is 23.5 Å². The maximum absolute atomic E-state index is 14.0. The van der Waals surface area contributed by atoms with Gasteiger partial charge in [0.05, 0.1) is 17.8 Å². The highest BCUT2D eigenvalue weighted by atomic mass is 16.5. The molecule has 12 nitrogen and oxygen atoms in total. The number of hydrogen-bond donors (Lipinski definition) is 6. The fraction of sp³-hybridized carbons (Fsp3) is 0.423. The molecule has 4 aliphatic rings. The van der Waals surface area contributed by atoms with Gasteiger partial charge in [-0.1, -0.05) is 6.92 Å². The van der Waals surface area contributed by atoms with Crippen molar-refractivity contribution in [2.75, 3.05) is 14.1 Å². The van der Waals surface area contributed by atoms with E-state index >= 15 is 0 Å². The van der Waals surface area contributed by atoms with Crippen molar-refractivity contribution in [1.82, 2.24) is 4.90 Å². The first-order valence-electron chi connectivity index (χ1n) is 12.0. The zero-order chi connectivity index (χ0) is 27.8. The SMILES string of the molecule is C[C@H]1c2c(C3=COC=CO3)ccc(O)c2C(O)=C2C(=O)[C@]3(O)C(=O)C(C(N)=O)C(O)[C@@H](N(C)C)[C@@H]3[C@@H](O)[C@@H]21. The van der Waals surface area contributed by atoms with Gasteiger partial charge in [0.1, 0.15) is 36.2 Å². The van der Waals surface area contributed by atoms with E-state index in [1.54, 1.807) is 6.92 Å². The monoisotopic (exact) mass is 528 g/mol. The summed E-state index contributed by atoms with van der Waals surface area (Å²) in [7, 11) is 3.00. The topological polar surface area (TPSA) is 200 Å². The second-order valence-corrected chi connectivity index (χ2v) is 10.3. The number of rotatable bonds is 3. The lowest BCUT2D eigenvalue weighted by Crippen LogP contribution is -2.76. The van der Waals surface area contributed by atoms with Crippen LogP contribution >= 0.6 is 0 Å². The molecule has 2 fully saturated rings. The van der Waals surface area contributed by atoms with Crippen LogP contribution in [-0.2, 0) is 23.9 Å². The number of aliphatic hydroxyl groups excluding tert-OH is 3. The smallest absolute Gasteiger partial charge is 0.230 e. The number of hydrogen-bond acceptors (Lipinski definition) is 11. The summed E-state index contributed by atoms with van der Waals surface area (Å²) < 4.78 is 10.7. The first kappa shape index (κ1) is 25.9. The van der Waals surface area contributed by atoms with Crippen LogP contribution in [0.5, 0.6) is 5.75 Å². The largest absolute Gasteiger partial charge is 0.507 e. The number of carbonyl (C=O) groups is 3. The molecule has 2 unspecified atom stereocenters. The van der Waals surface area contributed by atoms with Gasteiger partial charge in [-0.3, -0.25) is 14.4 Å². The number of benzene rings is 1. The van der Waals surface area contributed by atoms with Gasteiger partial charge in [0.2, 0.25) is 11.7 Å². The first-order chi connectivity index (χ1) is 17.8. The van der Waals surface area contributed by atoms with Crippen LogP contribution in [0.25, 0.3) is 11.5 Å². The van der Waals surface area contributed by atoms with Gasteiger partial charge in [0.15, 0.2) is 17.1 Å². The molecule has 1 aromatic carbocycles. The molecule has 1 amide bonds. The highest BCUT2D eigenvalue weighted by Crippen LogP contribution is 2.56. The molecule has 1 aliphatic heterocycles. The predicted molar refractivity (Wildman–Crippen MR) is 129 cm³/mol. The van der Waals surface area contributed by atoms with E-state index < -0.39 is 82.1 Å². The fourth-order valence-corrected chi connectivity index (χ4v) is 6.66. The van der Waals surface area contributed by atoms with E-state index in [-0.39, 0.29) is 11.3 Å². The van der Waals surface area contributed by atoms with Gasteiger partial charge in [-0.2, -0.15) is 0 Å². The number of ether oxygens (including phenoxy) is 2. The molecule has 5 rings (SSSR count). The summed E-state index contributed by atoms with van der Waals surface area (Å²) in [5, 5.41) is 56.5. The number of likely N-dealkylation sites (N-methyl/N-ethyl adjacent to an activating group) is 1. The molecule has 38 heavy (non-hydrogen) atoms. The van der Waals surface area contributed by atoms with Crippen molar-refractivity contribution in [3.8, 4) is 5.75 Å². The molecule has 2 saturated carbocycles. The molecule has 0 spiro atoms. The molecule has 8 atom stereocenters. The lowest BCUT2D eigenvalue weighted by molar-refractivity contribution is -0.199. The number of nitrogens with two attached hydrogens (primary N) is 1. The second kappa shape index (κ2) is 8.67. The number of fused-ring (bicyclic) bond motifs is 3. The lowest BCUT2D eigenvalue weighted by Gasteiger charge is -2.56. The minimum Gasteiger partial charge on any atom is -0.507 e. The number of aliphatic hydroxyl groups is 4. The number of phenolic OH excluding ortho intramolecular Hbond substituents is 1. The fourth-order valence-electron chi connectivity index (χ4n) is 6.66. The maximum Gasteiger partial charge on any atom is 0.230 e. The second-order valence-electron chi connectivity index (χ2n) is 10.3. The Labute approximate surface area is 216 Å². The summed E-state index contributed by atoms with van der Waals surface area (Å²) in [6.45, 7) is 1.65. The summed E-state index contributed by atoms with van der Waals surface area (Å²) in [5.41, 5.74) is 2.52. The van der Waals surface area contributed by atoms with Crippen molar-refractivity contribution < 1.29 is 49.4 Å². The third-order valence-corrected chi connectivity index (χ3v) is 8.24. The van der Waals surface area contributed by atoms with Crippen LogP contribution in [-0.4, -0.2) is 85.9 Å². The van der Waals surface area contributed by atoms with E-state index in [4.69, 9.17) is 15.2 Å². The average molecular weight is 529 g/mol. The highest BCUT2D eigenvalue weighted by Gasteiger charge is 2.71. The quantitative estimate of drug-likeness (QED) is 0.276. The Morgan fingerprint density at radius 2 is 1.79 bits per heavy atom. The maximum atomic E-state index is 14.0. The number of nitrogens with zero attached hydrogens (tertiary/aromatic N) is 1. The summed E-state index contributed by atoms with van der Waals surface area (Å²) in [5.74, 6) is -10.2. The number of phenols is 1. The number of ketones is 2. The van der Waals surface area contributed by atoms with Gasteiger partial charge in [-0.05, 0) is 37.7 Å². The van der Waals surface area contributed by atoms with Gasteiger partial charge in [-0.15, -0.1) is 0 Å². The van der Waals surface area contributed by atoms with E-state index in [1.807, 2.05) is 0 Å². The number of Topliss-reactive ketones (excluding diaryl/α,β-unsaturated/α-hetero) is 2. The van der Waals surface area contributed by atoms with Crippen LogP contribution < -0.4 is 5.73 Å². The van der Waals surface area contributed by atoms with E-state index in [1.165, 1.54) is 49.9 Å². The zero-order valence-electron chi connectivity index (χ0n) is 20.7. The average Bonchev–Trinajstić information content (AvgIpc) is 2.86. The summed E-state index contributed by atoms with van der Waals surface area (Å²) >= 11 is 0. The normalized spacial score (nSPS) is 36.1. The van der Waals surface area contributed by atoms with E-state index in [9.17, 15) is 39.9 Å². The number of carbonyl (C=O) groups excluding carboxylic acids is 3. The van der Waals surface area contributed by atoms with Crippen LogP contribution in [0.3, 0.4) is 0 Å². The Hall–Kier alpha value is -3.71. The Bertz CT molecular complexity index is 1350. The van der Waals surface area contributed by atoms with Gasteiger partial charge >= 0.3 is 0 Å². The van der Waals surface area contributed by atoms with Crippen molar-refractivity contribution in [2.45, 2.75) is 36.7 Å². The lowest BCUT2D eigenvalue weighted by atomic mass is 9.51. The number of aromatic hydroxyl groups is 1. The van der Waals surface area contributed by atoms with Crippen molar-refractivity contribution in [3.05, 3.63) is 53.2 Å². The van der Waals surface area contributed by atoms with E-state index in [0.29, 0.717) is 11.1 Å². The van der Waals surface area contributed by atoms with Crippen LogP contribution in [0, 0.1) is 17.8 Å². The molecule has 0 saturated heterocycles. The molecule has 1 heterocycles. The summed E-state index contributed by atoms with van der Waals surface area (Å²) in [6.07, 6.45) is 0.502. The number of primary amides is 1. The van der Waals surface area contributed by atoms with Gasteiger partial charge in [0, 0.05) is 29.0 Å². The molecule has 12 heteroatoms. The molecule has 0 aromatic heterocycles. The predicted octanol–water partition coefficient (Wildman–Crippen LogP) is -0.523. The molecule has 0 bridgehead atoms. The van der Waals surface area contributed by atoms with Crippen LogP contribution in [0.15, 0.2) is 36.5 Å². The molecule has 1 aromatic rings. The standard InChI is InChI=1S/C26H28N2O10/c1-9-13-10(12-8-37-6-7-38-12)4-5-11(29)15(13)20(30)16-14(9)21(31)18-19(28(2)3)22(32)17(25(27)35)24(34)26(18,36)23(16)33/h4-9,14,17-19,21-22,29-32,36H,1-3H3,(H2,27,35)/t9-,14+,17?,18+,19-,21-,22?,26-/m0/s1. The minimum absolute atomic E-state index is 0.137. The summed E-state index contributed by atoms with van der Waals surface area (Å²) in [6, 6.07) is 1.56. The third-order valence-electron chi connectivity index (χ3n) is 8.24. The molecule has 3 aliphatic carbocycles. The van der Waals surface area contributed by atoms with Crippen molar-refractivity contribution in [1.29, 1.82) is 0 Å². The molecule has 202 valence electrons. The minimum atomic E-state index is -2.98. The summed E-state index contributed by atoms with van der Waals surface area (Å²) in [4.78, 5) is 41.0. The van der Waals surface area contributed by atoms with Crippen molar-refractivity contribution >= 4 is 29.0 Å². The van der Waals surface area contributed by atoms with Crippen LogP contribution in [0.2, 0.25) is 0 Å².